The second-order valence-electron chi connectivity index (χ2n) is 6.61. The van der Waals surface area contributed by atoms with Gasteiger partial charge in [-0.2, -0.15) is 31.2 Å². The molecule has 0 atom stereocenters. The highest BCUT2D eigenvalue weighted by atomic mass is 32.2. The highest BCUT2D eigenvalue weighted by Gasteiger charge is 2.35. The molecule has 156 valence electrons. The second kappa shape index (κ2) is 7.21. The first kappa shape index (κ1) is 20.0. The van der Waals surface area contributed by atoms with Gasteiger partial charge in [0.2, 0.25) is 0 Å². The smallest absolute Gasteiger partial charge is 0.348 e. The molecule has 0 aliphatic heterocycles. The van der Waals surface area contributed by atoms with Crippen LogP contribution in [-0.4, -0.2) is 22.9 Å². The van der Waals surface area contributed by atoms with Gasteiger partial charge in [0.25, 0.3) is 10.0 Å². The molecule has 0 fully saturated rings. The highest BCUT2D eigenvalue weighted by Crippen LogP contribution is 2.33. The number of halogens is 3. The van der Waals surface area contributed by atoms with Crippen LogP contribution in [0.4, 0.5) is 13.2 Å². The Morgan fingerprint density at radius 1 is 1.03 bits per heavy atom. The number of hydrogen-bond donors (Lipinski definition) is 1. The molecule has 10 heteroatoms. The largest absolute Gasteiger partial charge is 0.435 e. The zero-order valence-corrected chi connectivity index (χ0v) is 16.6. The fourth-order valence-electron chi connectivity index (χ4n) is 3.20. The molecular weight excluding hydrogens is 417 g/mol. The molecule has 2 heterocycles. The molecule has 1 N–H and O–H groups in total. The Hall–Kier alpha value is -3.27. The van der Waals surface area contributed by atoms with Crippen molar-refractivity contribution in [3.8, 4) is 11.3 Å². The van der Waals surface area contributed by atoms with E-state index in [1.807, 2.05) is 23.8 Å². The Morgan fingerprint density at radius 3 is 2.43 bits per heavy atom. The molecule has 30 heavy (non-hydrogen) atoms. The lowest BCUT2D eigenvalue weighted by Gasteiger charge is -2.11. The maximum Gasteiger partial charge on any atom is 0.435 e. The number of fused-ring (bicyclic) bond motifs is 1. The average Bonchev–Trinajstić information content (AvgIpc) is 3.31. The van der Waals surface area contributed by atoms with Crippen LogP contribution in [0.15, 0.2) is 71.8 Å². The van der Waals surface area contributed by atoms with E-state index in [2.05, 4.69) is 9.93 Å². The van der Waals surface area contributed by atoms with Crippen LogP contribution in [0, 0.1) is 0 Å². The number of rotatable bonds is 5. The minimum Gasteiger partial charge on any atom is -0.348 e. The van der Waals surface area contributed by atoms with Crippen molar-refractivity contribution in [1.82, 2.24) is 14.5 Å². The monoisotopic (exact) mass is 434 g/mol. The van der Waals surface area contributed by atoms with Gasteiger partial charge in [-0.15, -0.1) is 5.10 Å². The summed E-state index contributed by atoms with van der Waals surface area (Å²) in [6, 6.07) is 15.2. The van der Waals surface area contributed by atoms with Crippen molar-refractivity contribution in [1.29, 1.82) is 0 Å². The molecular formula is C20H17F3N4O2S. The van der Waals surface area contributed by atoms with Crippen LogP contribution in [0.5, 0.6) is 0 Å². The summed E-state index contributed by atoms with van der Waals surface area (Å²) >= 11 is 0. The first-order valence-electron chi connectivity index (χ1n) is 9.03. The van der Waals surface area contributed by atoms with Crippen LogP contribution in [0.2, 0.25) is 0 Å². The van der Waals surface area contributed by atoms with E-state index in [4.69, 9.17) is 0 Å². The van der Waals surface area contributed by atoms with Gasteiger partial charge in [-0.1, -0.05) is 24.3 Å². The molecule has 0 aliphatic carbocycles. The SMILES string of the molecule is CCn1ccc2cc(-c3cc(C(F)(F)F)nn3NS(=O)(=O)c3ccccc3)ccc21. The van der Waals surface area contributed by atoms with E-state index in [-0.39, 0.29) is 10.6 Å². The predicted molar refractivity (Wildman–Crippen MR) is 107 cm³/mol. The van der Waals surface area contributed by atoms with Gasteiger partial charge in [0.1, 0.15) is 0 Å². The third kappa shape index (κ3) is 3.65. The van der Waals surface area contributed by atoms with E-state index in [0.717, 1.165) is 23.5 Å². The summed E-state index contributed by atoms with van der Waals surface area (Å²) in [5.74, 6) is 0. The van der Waals surface area contributed by atoms with Crippen LogP contribution in [0.25, 0.3) is 22.2 Å². The van der Waals surface area contributed by atoms with Gasteiger partial charge >= 0.3 is 6.18 Å². The molecule has 0 amide bonds. The Morgan fingerprint density at radius 2 is 1.77 bits per heavy atom. The second-order valence-corrected chi connectivity index (χ2v) is 8.27. The number of nitrogens with zero attached hydrogens (tertiary/aromatic N) is 3. The highest BCUT2D eigenvalue weighted by molar-refractivity contribution is 7.92. The summed E-state index contributed by atoms with van der Waals surface area (Å²) in [4.78, 5) is 2.70. The van der Waals surface area contributed by atoms with Crippen LogP contribution >= 0.6 is 0 Å². The van der Waals surface area contributed by atoms with Crippen molar-refractivity contribution >= 4 is 20.9 Å². The minimum atomic E-state index is -4.73. The zero-order valence-electron chi connectivity index (χ0n) is 15.8. The Bertz CT molecular complexity index is 1310. The molecule has 0 radical (unpaired) electrons. The lowest BCUT2D eigenvalue weighted by molar-refractivity contribution is -0.141. The molecule has 4 rings (SSSR count). The molecule has 0 saturated heterocycles. The third-order valence-corrected chi connectivity index (χ3v) is 5.97. The van der Waals surface area contributed by atoms with Crippen molar-refractivity contribution in [3.05, 3.63) is 72.6 Å². The van der Waals surface area contributed by atoms with E-state index in [9.17, 15) is 21.6 Å². The maximum atomic E-state index is 13.3. The number of nitrogens with one attached hydrogen (secondary N) is 1. The maximum absolute atomic E-state index is 13.3. The molecule has 0 spiro atoms. The first-order chi connectivity index (χ1) is 14.2. The lowest BCUT2D eigenvalue weighted by atomic mass is 10.1. The van der Waals surface area contributed by atoms with Gasteiger partial charge in [-0.05, 0) is 43.3 Å². The number of aryl methyl sites for hydroxylation is 1. The van der Waals surface area contributed by atoms with Crippen molar-refractivity contribution in [2.24, 2.45) is 0 Å². The number of aromatic nitrogens is 3. The zero-order chi connectivity index (χ0) is 21.5. The average molecular weight is 434 g/mol. The van der Waals surface area contributed by atoms with Crippen LogP contribution in [0.1, 0.15) is 12.6 Å². The normalized spacial score (nSPS) is 12.4. The first-order valence-corrected chi connectivity index (χ1v) is 10.5. The van der Waals surface area contributed by atoms with Crippen molar-refractivity contribution in [3.63, 3.8) is 0 Å². The number of hydrogen-bond acceptors (Lipinski definition) is 3. The molecule has 0 aliphatic rings. The summed E-state index contributed by atoms with van der Waals surface area (Å²) < 4.78 is 67.2. The van der Waals surface area contributed by atoms with Gasteiger partial charge < -0.3 is 4.57 Å². The van der Waals surface area contributed by atoms with Crippen LogP contribution < -0.4 is 4.83 Å². The topological polar surface area (TPSA) is 68.9 Å². The van der Waals surface area contributed by atoms with Crippen LogP contribution in [0.3, 0.4) is 0 Å². The van der Waals surface area contributed by atoms with E-state index >= 15 is 0 Å². The van der Waals surface area contributed by atoms with Gasteiger partial charge in [0.15, 0.2) is 5.69 Å². The van der Waals surface area contributed by atoms with Gasteiger partial charge in [0, 0.05) is 29.2 Å². The molecule has 0 unspecified atom stereocenters. The quantitative estimate of drug-likeness (QED) is 0.504. The van der Waals surface area contributed by atoms with E-state index in [0.29, 0.717) is 10.4 Å². The van der Waals surface area contributed by atoms with Crippen molar-refractivity contribution < 1.29 is 21.6 Å². The Kier molecular flexibility index (Phi) is 4.81. The molecule has 4 aromatic rings. The predicted octanol–water partition coefficient (Wildman–Crippen LogP) is 4.48. The number of alkyl halides is 3. The number of benzene rings is 2. The molecule has 0 saturated carbocycles. The van der Waals surface area contributed by atoms with E-state index in [1.54, 1.807) is 24.3 Å². The fraction of sp³-hybridized carbons (Fsp3) is 0.150. The minimum absolute atomic E-state index is 0.0204. The Labute approximate surface area is 170 Å². The molecule has 2 aromatic carbocycles. The van der Waals surface area contributed by atoms with Crippen LogP contribution in [-0.2, 0) is 22.7 Å². The fourth-order valence-corrected chi connectivity index (χ4v) is 4.18. The van der Waals surface area contributed by atoms with E-state index in [1.165, 1.54) is 24.3 Å². The molecule has 2 aromatic heterocycles. The molecule has 0 bridgehead atoms. The summed E-state index contributed by atoms with van der Waals surface area (Å²) in [5, 5.41) is 4.29. The van der Waals surface area contributed by atoms with Crippen molar-refractivity contribution in [2.75, 3.05) is 4.83 Å². The summed E-state index contributed by atoms with van der Waals surface area (Å²) in [6.07, 6.45) is -2.85. The van der Waals surface area contributed by atoms with Gasteiger partial charge in [-0.3, -0.25) is 0 Å². The Balaban J connectivity index is 1.82. The lowest BCUT2D eigenvalue weighted by Crippen LogP contribution is -2.25. The summed E-state index contributed by atoms with van der Waals surface area (Å²) in [5.41, 5.74) is 0.107. The van der Waals surface area contributed by atoms with E-state index < -0.39 is 21.9 Å². The van der Waals surface area contributed by atoms with Gasteiger partial charge in [0.05, 0.1) is 10.6 Å². The molecule has 6 nitrogen and oxygen atoms in total. The summed E-state index contributed by atoms with van der Waals surface area (Å²) in [6.45, 7) is 2.73. The third-order valence-electron chi connectivity index (χ3n) is 4.67. The number of sulfonamides is 1. The van der Waals surface area contributed by atoms with Crippen molar-refractivity contribution in [2.45, 2.75) is 24.5 Å². The summed E-state index contributed by atoms with van der Waals surface area (Å²) in [7, 11) is -4.14. The van der Waals surface area contributed by atoms with Gasteiger partial charge in [-0.25, -0.2) is 0 Å². The standard InChI is InChI=1S/C20H17F3N4O2S/c1-2-26-11-10-15-12-14(8-9-17(15)26)18-13-19(20(21,22)23)24-27(18)25-30(28,29)16-6-4-3-5-7-16/h3-13,25H,2H2,1H3.